The highest BCUT2D eigenvalue weighted by Gasteiger charge is 2.37. The first kappa shape index (κ1) is 16.3. The second-order valence-electron chi connectivity index (χ2n) is 7.14. The van der Waals surface area contributed by atoms with Gasteiger partial charge in [-0.2, -0.15) is 0 Å². The van der Waals surface area contributed by atoms with Crippen molar-refractivity contribution in [2.75, 3.05) is 26.7 Å². The van der Waals surface area contributed by atoms with E-state index in [-0.39, 0.29) is 0 Å². The van der Waals surface area contributed by atoms with Gasteiger partial charge in [-0.1, -0.05) is 20.3 Å². The average molecular weight is 281 g/mol. The van der Waals surface area contributed by atoms with Gasteiger partial charge in [-0.3, -0.25) is 9.80 Å². The van der Waals surface area contributed by atoms with E-state index in [1.807, 2.05) is 0 Å². The molecular formula is C17H35N3. The van der Waals surface area contributed by atoms with Crippen LogP contribution in [0, 0.1) is 5.92 Å². The van der Waals surface area contributed by atoms with Crippen LogP contribution in [0.25, 0.3) is 0 Å². The summed E-state index contributed by atoms with van der Waals surface area (Å²) in [5.41, 5.74) is 0. The lowest BCUT2D eigenvalue weighted by molar-refractivity contribution is 0.00388. The van der Waals surface area contributed by atoms with Crippen LogP contribution in [0.3, 0.4) is 0 Å². The average Bonchev–Trinajstić information content (AvgIpc) is 2.45. The van der Waals surface area contributed by atoms with Gasteiger partial charge in [-0.05, 0) is 52.6 Å². The zero-order valence-corrected chi connectivity index (χ0v) is 14.2. The molecule has 3 heteroatoms. The third kappa shape index (κ3) is 3.55. The minimum absolute atomic E-state index is 0.683. The number of hydrogen-bond acceptors (Lipinski definition) is 3. The third-order valence-corrected chi connectivity index (χ3v) is 5.83. The molecule has 0 amide bonds. The molecule has 2 aliphatic rings. The highest BCUT2D eigenvalue weighted by Crippen LogP contribution is 2.31. The van der Waals surface area contributed by atoms with Crippen LogP contribution >= 0.6 is 0 Å². The summed E-state index contributed by atoms with van der Waals surface area (Å²) in [6, 6.07) is 2.84. The predicted molar refractivity (Wildman–Crippen MR) is 87.1 cm³/mol. The minimum Gasteiger partial charge on any atom is -0.313 e. The van der Waals surface area contributed by atoms with Crippen molar-refractivity contribution in [3.05, 3.63) is 0 Å². The van der Waals surface area contributed by atoms with Gasteiger partial charge < -0.3 is 5.32 Å². The van der Waals surface area contributed by atoms with Crippen LogP contribution in [0.5, 0.6) is 0 Å². The van der Waals surface area contributed by atoms with Crippen molar-refractivity contribution in [1.82, 2.24) is 15.1 Å². The van der Waals surface area contributed by atoms with E-state index < -0.39 is 0 Å². The maximum Gasteiger partial charge on any atom is 0.0253 e. The summed E-state index contributed by atoms with van der Waals surface area (Å²) < 4.78 is 0. The Morgan fingerprint density at radius 2 is 1.70 bits per heavy atom. The Morgan fingerprint density at radius 1 is 1.05 bits per heavy atom. The summed E-state index contributed by atoms with van der Waals surface area (Å²) in [5, 5.41) is 3.76. The molecule has 5 unspecified atom stereocenters. The fraction of sp³-hybridized carbons (Fsp3) is 1.00. The van der Waals surface area contributed by atoms with E-state index in [4.69, 9.17) is 0 Å². The van der Waals surface area contributed by atoms with Crippen LogP contribution in [0.1, 0.15) is 53.4 Å². The molecule has 1 N–H and O–H groups in total. The van der Waals surface area contributed by atoms with Crippen molar-refractivity contribution in [3.8, 4) is 0 Å². The number of nitrogens with zero attached hydrogens (tertiary/aromatic N) is 2. The Bertz CT molecular complexity index is 282. The van der Waals surface area contributed by atoms with Crippen LogP contribution in [0.4, 0.5) is 0 Å². The fourth-order valence-electron chi connectivity index (χ4n) is 4.22. The molecule has 118 valence electrons. The molecule has 0 aromatic carbocycles. The first-order chi connectivity index (χ1) is 9.56. The van der Waals surface area contributed by atoms with Gasteiger partial charge in [0.1, 0.15) is 0 Å². The van der Waals surface area contributed by atoms with Crippen LogP contribution in [-0.4, -0.2) is 60.6 Å². The van der Waals surface area contributed by atoms with Gasteiger partial charge in [0.05, 0.1) is 0 Å². The van der Waals surface area contributed by atoms with Crippen molar-refractivity contribution in [3.63, 3.8) is 0 Å². The van der Waals surface area contributed by atoms with E-state index in [2.05, 4.69) is 49.9 Å². The van der Waals surface area contributed by atoms with E-state index in [0.29, 0.717) is 18.1 Å². The Hall–Kier alpha value is -0.120. The zero-order chi connectivity index (χ0) is 14.7. The molecular weight excluding hydrogens is 246 g/mol. The highest BCUT2D eigenvalue weighted by atomic mass is 15.3. The Labute approximate surface area is 126 Å². The highest BCUT2D eigenvalue weighted by molar-refractivity contribution is 4.95. The number of rotatable bonds is 4. The van der Waals surface area contributed by atoms with Gasteiger partial charge in [-0.25, -0.2) is 0 Å². The van der Waals surface area contributed by atoms with Crippen molar-refractivity contribution < 1.29 is 0 Å². The largest absolute Gasteiger partial charge is 0.313 e. The number of likely N-dealkylation sites (N-methyl/N-ethyl adjacent to an activating group) is 2. The van der Waals surface area contributed by atoms with Crippen molar-refractivity contribution >= 4 is 0 Å². The van der Waals surface area contributed by atoms with E-state index in [1.165, 1.54) is 38.8 Å². The molecule has 2 fully saturated rings. The number of hydrogen-bond donors (Lipinski definition) is 1. The van der Waals surface area contributed by atoms with Gasteiger partial charge in [0.25, 0.3) is 0 Å². The summed E-state index contributed by atoms with van der Waals surface area (Å²) in [5.74, 6) is 0.945. The second kappa shape index (κ2) is 7.24. The normalized spacial score (nSPS) is 41.0. The van der Waals surface area contributed by atoms with Gasteiger partial charge in [0.15, 0.2) is 0 Å². The molecule has 1 saturated heterocycles. The number of nitrogens with one attached hydrogen (secondary N) is 1. The molecule has 5 atom stereocenters. The molecule has 1 aliphatic carbocycles. The Morgan fingerprint density at radius 3 is 2.25 bits per heavy atom. The molecule has 20 heavy (non-hydrogen) atoms. The predicted octanol–water partition coefficient (Wildman–Crippen LogP) is 2.57. The topological polar surface area (TPSA) is 18.5 Å². The fourth-order valence-corrected chi connectivity index (χ4v) is 4.22. The zero-order valence-electron chi connectivity index (χ0n) is 14.2. The summed E-state index contributed by atoms with van der Waals surface area (Å²) in [6.07, 6.45) is 5.54. The Balaban J connectivity index is 2.05. The molecule has 0 aromatic rings. The van der Waals surface area contributed by atoms with Crippen LogP contribution < -0.4 is 5.32 Å². The van der Waals surface area contributed by atoms with Gasteiger partial charge in [0.2, 0.25) is 0 Å². The van der Waals surface area contributed by atoms with E-state index >= 15 is 0 Å². The molecule has 0 aromatic heterocycles. The molecule has 1 saturated carbocycles. The van der Waals surface area contributed by atoms with E-state index in [9.17, 15) is 0 Å². The molecule has 0 radical (unpaired) electrons. The third-order valence-electron chi connectivity index (χ3n) is 5.83. The maximum atomic E-state index is 3.76. The van der Waals surface area contributed by atoms with Crippen LogP contribution in [0.2, 0.25) is 0 Å². The monoisotopic (exact) mass is 281 g/mol. The first-order valence-corrected chi connectivity index (χ1v) is 8.76. The van der Waals surface area contributed by atoms with Crippen molar-refractivity contribution in [2.45, 2.75) is 77.5 Å². The molecule has 3 nitrogen and oxygen atoms in total. The quantitative estimate of drug-likeness (QED) is 0.854. The molecule has 0 bridgehead atoms. The summed E-state index contributed by atoms with van der Waals surface area (Å²) in [4.78, 5) is 5.34. The molecule has 1 aliphatic heterocycles. The van der Waals surface area contributed by atoms with E-state index in [1.54, 1.807) is 0 Å². The number of piperazine rings is 1. The summed E-state index contributed by atoms with van der Waals surface area (Å²) in [6.45, 7) is 13.0. The summed E-state index contributed by atoms with van der Waals surface area (Å²) >= 11 is 0. The van der Waals surface area contributed by atoms with Gasteiger partial charge >= 0.3 is 0 Å². The lowest BCUT2D eigenvalue weighted by Crippen LogP contribution is -2.62. The van der Waals surface area contributed by atoms with Crippen molar-refractivity contribution in [2.24, 2.45) is 5.92 Å². The Kier molecular flexibility index (Phi) is 5.88. The lowest BCUT2D eigenvalue weighted by atomic mass is 9.79. The minimum atomic E-state index is 0.683. The standard InChI is InChI=1S/C17H35N3/c1-6-15-8-9-16(18-7-2)17(10-15)20-11-13(3)19(5)14(4)12-20/h13-18H,6-12H2,1-5H3. The van der Waals surface area contributed by atoms with Crippen LogP contribution in [0.15, 0.2) is 0 Å². The maximum absolute atomic E-state index is 3.76. The summed E-state index contributed by atoms with van der Waals surface area (Å²) in [7, 11) is 2.28. The second-order valence-corrected chi connectivity index (χ2v) is 7.14. The van der Waals surface area contributed by atoms with Crippen LogP contribution in [-0.2, 0) is 0 Å². The van der Waals surface area contributed by atoms with Gasteiger partial charge in [-0.15, -0.1) is 0 Å². The smallest absolute Gasteiger partial charge is 0.0253 e. The van der Waals surface area contributed by atoms with Gasteiger partial charge in [0, 0.05) is 37.3 Å². The van der Waals surface area contributed by atoms with E-state index in [0.717, 1.165) is 18.5 Å². The molecule has 2 rings (SSSR count). The molecule has 0 spiro atoms. The first-order valence-electron chi connectivity index (χ1n) is 8.76. The molecule has 1 heterocycles. The lowest BCUT2D eigenvalue weighted by Gasteiger charge is -2.50. The van der Waals surface area contributed by atoms with Crippen molar-refractivity contribution in [1.29, 1.82) is 0 Å². The SMILES string of the molecule is CCNC1CCC(CC)CC1N1CC(C)N(C)C(C)C1.